The highest BCUT2D eigenvalue weighted by molar-refractivity contribution is 6.32. The van der Waals surface area contributed by atoms with Crippen molar-refractivity contribution in [2.24, 2.45) is 0 Å². The first-order chi connectivity index (χ1) is 7.67. The Bertz CT molecular complexity index is 331. The fourth-order valence-corrected chi connectivity index (χ4v) is 1.69. The molecule has 3 nitrogen and oxygen atoms in total. The zero-order valence-corrected chi connectivity index (χ0v) is 10.7. The number of benzene rings is 1. The van der Waals surface area contributed by atoms with Gasteiger partial charge >= 0.3 is 0 Å². The minimum atomic E-state index is -0.00218. The van der Waals surface area contributed by atoms with E-state index in [0.29, 0.717) is 17.4 Å². The van der Waals surface area contributed by atoms with Crippen LogP contribution in [0.4, 0.5) is 0 Å². The van der Waals surface area contributed by atoms with Gasteiger partial charge in [0.05, 0.1) is 11.6 Å². The van der Waals surface area contributed by atoms with Crippen LogP contribution in [-0.2, 0) is 11.3 Å². The molecule has 0 aliphatic rings. The molecule has 90 valence electrons. The molecule has 1 N–H and O–H groups in total. The summed E-state index contributed by atoms with van der Waals surface area (Å²) in [6.45, 7) is 3.30. The van der Waals surface area contributed by atoms with E-state index in [-0.39, 0.29) is 6.10 Å². The summed E-state index contributed by atoms with van der Waals surface area (Å²) in [5.41, 5.74) is 1.14. The Morgan fingerprint density at radius 2 is 2.19 bits per heavy atom. The van der Waals surface area contributed by atoms with Crippen LogP contribution < -0.4 is 10.1 Å². The Balaban J connectivity index is 2.67. The van der Waals surface area contributed by atoms with E-state index in [9.17, 15) is 0 Å². The largest absolute Gasteiger partial charge is 0.487 e. The van der Waals surface area contributed by atoms with Gasteiger partial charge in [-0.2, -0.15) is 0 Å². The molecule has 0 aliphatic carbocycles. The first-order valence-electron chi connectivity index (χ1n) is 5.26. The van der Waals surface area contributed by atoms with Crippen LogP contribution in [0.3, 0.4) is 0 Å². The summed E-state index contributed by atoms with van der Waals surface area (Å²) in [5, 5.41) is 3.71. The maximum Gasteiger partial charge on any atom is 0.138 e. The van der Waals surface area contributed by atoms with Gasteiger partial charge in [0.2, 0.25) is 0 Å². The van der Waals surface area contributed by atoms with Crippen LogP contribution in [0.2, 0.25) is 5.02 Å². The number of rotatable bonds is 6. The van der Waals surface area contributed by atoms with Crippen LogP contribution in [0.1, 0.15) is 12.5 Å². The summed E-state index contributed by atoms with van der Waals surface area (Å²) in [7, 11) is 3.55. The van der Waals surface area contributed by atoms with Gasteiger partial charge in [0.25, 0.3) is 0 Å². The van der Waals surface area contributed by atoms with E-state index in [2.05, 4.69) is 5.32 Å². The van der Waals surface area contributed by atoms with Crippen LogP contribution in [0.5, 0.6) is 5.75 Å². The Morgan fingerprint density at radius 3 is 2.75 bits per heavy atom. The molecule has 0 aliphatic heterocycles. The van der Waals surface area contributed by atoms with E-state index in [1.807, 2.05) is 32.2 Å². The van der Waals surface area contributed by atoms with E-state index in [4.69, 9.17) is 21.1 Å². The molecule has 0 saturated carbocycles. The smallest absolute Gasteiger partial charge is 0.138 e. The molecule has 0 amide bonds. The maximum absolute atomic E-state index is 6.12. The average Bonchev–Trinajstić information content (AvgIpc) is 2.23. The molecule has 0 fully saturated rings. The highest BCUT2D eigenvalue weighted by Crippen LogP contribution is 2.26. The van der Waals surface area contributed by atoms with E-state index >= 15 is 0 Å². The van der Waals surface area contributed by atoms with Gasteiger partial charge in [0.15, 0.2) is 0 Å². The zero-order chi connectivity index (χ0) is 12.0. The Kier molecular flexibility index (Phi) is 5.60. The normalized spacial score (nSPS) is 12.5. The lowest BCUT2D eigenvalue weighted by Crippen LogP contribution is -2.18. The summed E-state index contributed by atoms with van der Waals surface area (Å²) < 4.78 is 10.6. The van der Waals surface area contributed by atoms with E-state index in [1.165, 1.54) is 0 Å². The number of methoxy groups -OCH3 is 1. The number of nitrogens with one attached hydrogen (secondary N) is 1. The second kappa shape index (κ2) is 6.74. The molecule has 1 unspecified atom stereocenters. The van der Waals surface area contributed by atoms with Crippen LogP contribution >= 0.6 is 11.6 Å². The molecular weight excluding hydrogens is 226 g/mol. The number of halogens is 1. The summed E-state index contributed by atoms with van der Waals surface area (Å²) in [5.74, 6) is 0.700. The predicted octanol–water partition coefficient (Wildman–Crippen LogP) is 2.47. The van der Waals surface area contributed by atoms with Gasteiger partial charge in [-0.1, -0.05) is 17.7 Å². The summed E-state index contributed by atoms with van der Waals surface area (Å²) >= 11 is 6.12. The second-order valence-electron chi connectivity index (χ2n) is 3.68. The quantitative estimate of drug-likeness (QED) is 0.833. The number of hydrogen-bond acceptors (Lipinski definition) is 3. The Morgan fingerprint density at radius 1 is 1.44 bits per heavy atom. The van der Waals surface area contributed by atoms with Crippen molar-refractivity contribution < 1.29 is 9.47 Å². The van der Waals surface area contributed by atoms with Crippen LogP contribution in [0.15, 0.2) is 18.2 Å². The number of ether oxygens (including phenoxy) is 2. The Labute approximate surface area is 102 Å². The lowest BCUT2D eigenvalue weighted by Gasteiger charge is -2.15. The molecular formula is C12H18ClNO2. The molecule has 0 spiro atoms. The average molecular weight is 244 g/mol. The van der Waals surface area contributed by atoms with Crippen molar-refractivity contribution in [3.05, 3.63) is 28.8 Å². The fraction of sp³-hybridized carbons (Fsp3) is 0.500. The molecule has 0 saturated heterocycles. The van der Waals surface area contributed by atoms with Crippen LogP contribution in [-0.4, -0.2) is 26.9 Å². The molecule has 1 aromatic rings. The van der Waals surface area contributed by atoms with Gasteiger partial charge in [-0.3, -0.25) is 0 Å². The fourth-order valence-electron chi connectivity index (χ4n) is 1.44. The Hall–Kier alpha value is -0.770. The zero-order valence-electron chi connectivity index (χ0n) is 9.92. The van der Waals surface area contributed by atoms with E-state index in [0.717, 1.165) is 12.1 Å². The lowest BCUT2D eigenvalue weighted by molar-refractivity contribution is 0.0921. The maximum atomic E-state index is 6.12. The number of hydrogen-bond donors (Lipinski definition) is 1. The summed E-state index contributed by atoms with van der Waals surface area (Å²) in [4.78, 5) is 0. The minimum Gasteiger partial charge on any atom is -0.487 e. The van der Waals surface area contributed by atoms with Gasteiger partial charge in [0, 0.05) is 13.7 Å². The van der Waals surface area contributed by atoms with Gasteiger partial charge in [-0.05, 0) is 31.7 Å². The molecule has 0 heterocycles. The van der Waals surface area contributed by atoms with Crippen LogP contribution in [0.25, 0.3) is 0 Å². The molecule has 0 aromatic heterocycles. The molecule has 1 aromatic carbocycles. The standard InChI is InChI=1S/C12H18ClNO2/c1-9(8-15-3)16-12-5-4-10(7-14-2)6-11(12)13/h4-6,9,14H,7-8H2,1-3H3. The molecule has 0 bridgehead atoms. The van der Waals surface area contributed by atoms with Crippen molar-refractivity contribution in [3.8, 4) is 5.75 Å². The van der Waals surface area contributed by atoms with Crippen molar-refractivity contribution in [2.45, 2.75) is 19.6 Å². The van der Waals surface area contributed by atoms with Crippen LogP contribution in [0, 0.1) is 0 Å². The highest BCUT2D eigenvalue weighted by atomic mass is 35.5. The summed E-state index contributed by atoms with van der Waals surface area (Å²) in [6.07, 6.45) is -0.00218. The first kappa shape index (κ1) is 13.3. The second-order valence-corrected chi connectivity index (χ2v) is 4.09. The highest BCUT2D eigenvalue weighted by Gasteiger charge is 2.07. The monoisotopic (exact) mass is 243 g/mol. The first-order valence-corrected chi connectivity index (χ1v) is 5.63. The molecule has 1 rings (SSSR count). The third-order valence-corrected chi connectivity index (χ3v) is 2.40. The van der Waals surface area contributed by atoms with E-state index in [1.54, 1.807) is 7.11 Å². The van der Waals surface area contributed by atoms with Gasteiger partial charge in [-0.25, -0.2) is 0 Å². The lowest BCUT2D eigenvalue weighted by atomic mass is 10.2. The van der Waals surface area contributed by atoms with Crippen molar-refractivity contribution in [1.82, 2.24) is 5.32 Å². The molecule has 4 heteroatoms. The SMILES string of the molecule is CNCc1ccc(OC(C)COC)c(Cl)c1. The third-order valence-electron chi connectivity index (χ3n) is 2.11. The topological polar surface area (TPSA) is 30.5 Å². The summed E-state index contributed by atoms with van der Waals surface area (Å²) in [6, 6.07) is 5.80. The van der Waals surface area contributed by atoms with Crippen molar-refractivity contribution in [1.29, 1.82) is 0 Å². The molecule has 1 atom stereocenters. The molecule has 16 heavy (non-hydrogen) atoms. The van der Waals surface area contributed by atoms with Gasteiger partial charge in [-0.15, -0.1) is 0 Å². The molecule has 0 radical (unpaired) electrons. The predicted molar refractivity (Wildman–Crippen MR) is 66.2 cm³/mol. The van der Waals surface area contributed by atoms with Crippen molar-refractivity contribution in [3.63, 3.8) is 0 Å². The van der Waals surface area contributed by atoms with Gasteiger partial charge in [0.1, 0.15) is 11.9 Å². The van der Waals surface area contributed by atoms with Crippen molar-refractivity contribution in [2.75, 3.05) is 20.8 Å². The van der Waals surface area contributed by atoms with Gasteiger partial charge < -0.3 is 14.8 Å². The van der Waals surface area contributed by atoms with Crippen molar-refractivity contribution >= 4 is 11.6 Å². The van der Waals surface area contributed by atoms with E-state index < -0.39 is 0 Å². The minimum absolute atomic E-state index is 0.00218. The third kappa shape index (κ3) is 4.00.